The zero-order valence-electron chi connectivity index (χ0n) is 38.0. The van der Waals surface area contributed by atoms with E-state index in [-0.39, 0.29) is 51.4 Å². The van der Waals surface area contributed by atoms with Crippen LogP contribution >= 0.6 is 0 Å². The molecule has 0 spiro atoms. The lowest BCUT2D eigenvalue weighted by molar-refractivity contribution is -0.141. The van der Waals surface area contributed by atoms with Crippen LogP contribution in [0.25, 0.3) is 11.1 Å². The van der Waals surface area contributed by atoms with Gasteiger partial charge in [0.2, 0.25) is 23.6 Å². The zero-order valence-corrected chi connectivity index (χ0v) is 38.0. The Morgan fingerprint density at radius 3 is 1.99 bits per heavy atom. The molecule has 0 aliphatic carbocycles. The van der Waals surface area contributed by atoms with Gasteiger partial charge >= 0.3 is 6.09 Å². The highest BCUT2D eigenvalue weighted by Crippen LogP contribution is 2.37. The topological polar surface area (TPSA) is 264 Å². The molecule has 18 nitrogen and oxygen atoms in total. The highest BCUT2D eigenvalue weighted by atomic mass is 19.1. The Morgan fingerprint density at radius 2 is 1.38 bits per heavy atom. The number of amides is 7. The van der Waals surface area contributed by atoms with E-state index in [1.807, 2.05) is 55.7 Å². The summed E-state index contributed by atoms with van der Waals surface area (Å²) in [5, 5.41) is 28.9. The number of aromatic nitrogens is 1. The Balaban J connectivity index is 0.00000242. The second-order valence-electron chi connectivity index (χ2n) is 16.6. The number of hydrogen-bond donors (Lipinski definition) is 8. The van der Waals surface area contributed by atoms with Gasteiger partial charge < -0.3 is 51.8 Å². The summed E-state index contributed by atoms with van der Waals surface area (Å²) >= 11 is 0. The Hall–Kier alpha value is -7.29. The van der Waals surface area contributed by atoms with Crippen LogP contribution in [-0.4, -0.2) is 113 Å². The van der Waals surface area contributed by atoms with Crippen molar-refractivity contribution in [2.24, 2.45) is 11.1 Å². The molecule has 20 heteroatoms. The molecule has 0 fully saturated rings. The van der Waals surface area contributed by atoms with Gasteiger partial charge in [0.05, 0.1) is 25.7 Å². The van der Waals surface area contributed by atoms with Crippen LogP contribution in [0.1, 0.15) is 56.5 Å². The number of carbonyl (C=O) groups excluding carboxylic acids is 7. The summed E-state index contributed by atoms with van der Waals surface area (Å²) in [4.78, 5) is 89.3. The van der Waals surface area contributed by atoms with Crippen LogP contribution < -0.4 is 32.3 Å². The Morgan fingerprint density at radius 1 is 0.765 bits per heavy atom. The fraction of sp³-hybridized carbons (Fsp3) is 0.354. The first-order chi connectivity index (χ1) is 32.4. The molecule has 1 aliphatic rings. The number of aliphatic hydroxyl groups excluding tert-OH is 2. The minimum absolute atomic E-state index is 0.0464. The molecule has 4 aromatic rings. The Bertz CT molecular complexity index is 2370. The molecule has 0 unspecified atom stereocenters. The first-order valence-electron chi connectivity index (χ1n) is 21.7. The van der Waals surface area contributed by atoms with Gasteiger partial charge in [-0.3, -0.25) is 33.7 Å². The number of nitrogens with zero attached hydrogens (tertiary/aromatic N) is 2. The molecule has 3 aromatic carbocycles. The van der Waals surface area contributed by atoms with Crippen molar-refractivity contribution in [1.82, 2.24) is 36.1 Å². The van der Waals surface area contributed by atoms with E-state index in [2.05, 4.69) is 26.6 Å². The number of rotatable bonds is 22. The van der Waals surface area contributed by atoms with E-state index in [1.54, 1.807) is 42.6 Å². The molecular weight excluding hydrogens is 887 g/mol. The lowest BCUT2D eigenvalue weighted by Gasteiger charge is -2.33. The van der Waals surface area contributed by atoms with Crippen LogP contribution in [0.5, 0.6) is 0 Å². The molecule has 0 radical (unpaired) electrons. The van der Waals surface area contributed by atoms with E-state index in [1.165, 1.54) is 0 Å². The summed E-state index contributed by atoms with van der Waals surface area (Å²) in [5.41, 5.74) is 7.80. The second kappa shape index (κ2) is 26.2. The number of imide groups is 1. The third-order valence-electron chi connectivity index (χ3n) is 10.2. The summed E-state index contributed by atoms with van der Waals surface area (Å²) in [6, 6.07) is 20.1. The minimum atomic E-state index is -1.53. The summed E-state index contributed by atoms with van der Waals surface area (Å²) < 4.78 is 36.7. The Labute approximate surface area is 392 Å². The Kier molecular flexibility index (Phi) is 20.5. The van der Waals surface area contributed by atoms with Gasteiger partial charge in [0.15, 0.2) is 0 Å². The van der Waals surface area contributed by atoms with E-state index in [4.69, 9.17) is 20.7 Å². The molecule has 0 saturated heterocycles. The van der Waals surface area contributed by atoms with Crippen molar-refractivity contribution in [3.05, 3.63) is 132 Å². The molecule has 3 atom stereocenters. The van der Waals surface area contributed by atoms with Crippen molar-refractivity contribution in [3.63, 3.8) is 0 Å². The zero-order chi connectivity index (χ0) is 49.8. The van der Waals surface area contributed by atoms with Gasteiger partial charge in [0.25, 0.3) is 11.8 Å². The number of alkyl carbamates (subject to hydrolysis) is 1. The van der Waals surface area contributed by atoms with E-state index in [0.717, 1.165) is 46.5 Å². The average molecular weight is 945 g/mol. The maximum Gasteiger partial charge on any atom is 0.408 e. The molecule has 9 N–H and O–H groups in total. The fourth-order valence-corrected chi connectivity index (χ4v) is 6.94. The van der Waals surface area contributed by atoms with Crippen LogP contribution in [0.3, 0.4) is 0 Å². The van der Waals surface area contributed by atoms with Crippen molar-refractivity contribution in [2.75, 3.05) is 39.4 Å². The lowest BCUT2D eigenvalue weighted by Crippen LogP contribution is -2.55. The number of nitrogens with two attached hydrogens (primary N) is 1. The van der Waals surface area contributed by atoms with Gasteiger partial charge in [-0.1, -0.05) is 81.4 Å². The van der Waals surface area contributed by atoms with Crippen LogP contribution in [0, 0.1) is 17.0 Å². The summed E-state index contributed by atoms with van der Waals surface area (Å²) in [7, 11) is 0. The second-order valence-corrected chi connectivity index (χ2v) is 16.6. The highest BCUT2D eigenvalue weighted by Gasteiger charge is 2.32. The maximum absolute atomic E-state index is 15.1. The van der Waals surface area contributed by atoms with Crippen LogP contribution in [-0.2, 0) is 46.7 Å². The van der Waals surface area contributed by atoms with Gasteiger partial charge in [-0.15, -0.1) is 0 Å². The van der Waals surface area contributed by atoms with Crippen molar-refractivity contribution >= 4 is 41.5 Å². The highest BCUT2D eigenvalue weighted by molar-refractivity contribution is 6.14. The lowest BCUT2D eigenvalue weighted by atomic mass is 9.84. The molecule has 364 valence electrons. The normalized spacial score (nSPS) is 13.4. The fourth-order valence-electron chi connectivity index (χ4n) is 6.94. The molecule has 1 aliphatic heterocycles. The SMILES string of the molecule is CC(C)(C)[C@@H](NCC[C@H](NC(=O)[C@H](CC(N)=O)NC(=O)OCc1ccccc1)C(=O)NCCNC(=O)CN1C(=O)C=CC1=O)c1cc(-c2cc(F)ccc2F)cn1Cc1ccccc1.OCCO. The minimum Gasteiger partial charge on any atom is -0.445 e. The molecule has 68 heavy (non-hydrogen) atoms. The first kappa shape index (κ1) is 53.3. The monoisotopic (exact) mass is 944 g/mol. The van der Waals surface area contributed by atoms with E-state index < -0.39 is 89.7 Å². The number of halogens is 2. The standard InChI is InChI=1S/C46H52F2N8O8.C2H6O2/c1-46(2,3)42(37-22-31(33-23-32(47)14-15-34(33)48)26-55(37)25-29-10-6-4-7-11-29)51-19-18-35(43(61)52-21-20-50-39(58)27-56-40(59)16-17-41(56)60)53-44(62)36(24-38(49)57)54-45(63)64-28-30-12-8-5-9-13-30;3-1-2-4/h4-17,22-23,26,35-36,42,51H,18-21,24-25,27-28H2,1-3H3,(H2,49,57)(H,50,58)(H,52,61)(H,53,62)(H,54,63);3-4H,1-2H2/t35-,36-,42-;/m0./s1. The summed E-state index contributed by atoms with van der Waals surface area (Å²) in [5.74, 6) is -5.63. The number of nitrogens with one attached hydrogen (secondary N) is 5. The number of ether oxygens (including phenoxy) is 1. The van der Waals surface area contributed by atoms with Crippen molar-refractivity contribution in [3.8, 4) is 11.1 Å². The van der Waals surface area contributed by atoms with Crippen molar-refractivity contribution < 1.29 is 57.3 Å². The van der Waals surface area contributed by atoms with Crippen LogP contribution in [0.4, 0.5) is 13.6 Å². The van der Waals surface area contributed by atoms with Crippen molar-refractivity contribution in [1.29, 1.82) is 0 Å². The number of carbonyl (C=O) groups is 7. The molecular formula is C48H58F2N8O10. The molecule has 0 saturated carbocycles. The molecule has 2 heterocycles. The van der Waals surface area contributed by atoms with Crippen molar-refractivity contribution in [2.45, 2.75) is 64.9 Å². The predicted octanol–water partition coefficient (Wildman–Crippen LogP) is 2.33. The summed E-state index contributed by atoms with van der Waals surface area (Å²) in [6.07, 6.45) is 2.17. The van der Waals surface area contributed by atoms with Gasteiger partial charge in [-0.25, -0.2) is 13.6 Å². The molecule has 0 bridgehead atoms. The number of benzene rings is 3. The maximum atomic E-state index is 15.1. The largest absolute Gasteiger partial charge is 0.445 e. The third kappa shape index (κ3) is 16.9. The van der Waals surface area contributed by atoms with Gasteiger partial charge in [0, 0.05) is 54.8 Å². The number of aliphatic hydroxyl groups is 2. The predicted molar refractivity (Wildman–Crippen MR) is 245 cm³/mol. The number of primary amides is 1. The van der Waals surface area contributed by atoms with Gasteiger partial charge in [0.1, 0.15) is 36.9 Å². The summed E-state index contributed by atoms with van der Waals surface area (Å²) in [6.45, 7) is 5.30. The smallest absolute Gasteiger partial charge is 0.408 e. The van der Waals surface area contributed by atoms with Crippen LogP contribution in [0.2, 0.25) is 0 Å². The van der Waals surface area contributed by atoms with E-state index in [0.29, 0.717) is 17.7 Å². The van der Waals surface area contributed by atoms with E-state index in [9.17, 15) is 38.0 Å². The first-order valence-corrected chi connectivity index (χ1v) is 21.7. The van der Waals surface area contributed by atoms with E-state index >= 15 is 4.39 Å². The third-order valence-corrected chi connectivity index (χ3v) is 10.2. The molecule has 1 aromatic heterocycles. The number of hydrogen-bond acceptors (Lipinski definition) is 11. The van der Waals surface area contributed by atoms with Gasteiger partial charge in [-0.05, 0) is 53.8 Å². The van der Waals surface area contributed by atoms with Gasteiger partial charge in [-0.2, -0.15) is 0 Å². The molecule has 7 amide bonds. The van der Waals surface area contributed by atoms with Crippen LogP contribution in [0.15, 0.2) is 103 Å². The molecule has 5 rings (SSSR count). The average Bonchev–Trinajstić information content (AvgIpc) is 3.86. The quantitative estimate of drug-likeness (QED) is 0.0419.